The molecule has 0 saturated carbocycles. The van der Waals surface area contributed by atoms with Gasteiger partial charge in [0.2, 0.25) is 15.9 Å². The van der Waals surface area contributed by atoms with Gasteiger partial charge in [-0.25, -0.2) is 8.42 Å². The zero-order valence-corrected chi connectivity index (χ0v) is 16.2. The van der Waals surface area contributed by atoms with Gasteiger partial charge < -0.3 is 4.90 Å². The van der Waals surface area contributed by atoms with Gasteiger partial charge in [0.25, 0.3) is 0 Å². The van der Waals surface area contributed by atoms with Crippen LogP contribution in [-0.4, -0.2) is 43.0 Å². The van der Waals surface area contributed by atoms with E-state index < -0.39 is 10.0 Å². The van der Waals surface area contributed by atoms with Gasteiger partial charge in [0.15, 0.2) is 0 Å². The van der Waals surface area contributed by atoms with E-state index in [2.05, 4.69) is 4.98 Å². The van der Waals surface area contributed by atoms with Crippen molar-refractivity contribution in [3.63, 3.8) is 0 Å². The van der Waals surface area contributed by atoms with Gasteiger partial charge in [0.1, 0.15) is 0 Å². The number of pyridine rings is 1. The van der Waals surface area contributed by atoms with E-state index in [4.69, 9.17) is 0 Å². The molecule has 0 saturated heterocycles. The van der Waals surface area contributed by atoms with Crippen molar-refractivity contribution in [1.82, 2.24) is 9.29 Å². The van der Waals surface area contributed by atoms with E-state index in [0.29, 0.717) is 6.54 Å². The van der Waals surface area contributed by atoms with Crippen LogP contribution in [0.2, 0.25) is 0 Å². The van der Waals surface area contributed by atoms with Gasteiger partial charge >= 0.3 is 0 Å². The molecule has 2 aromatic rings. The number of hydrogen-bond donors (Lipinski definition) is 0. The summed E-state index contributed by atoms with van der Waals surface area (Å²) in [5.41, 5.74) is 2.74. The van der Waals surface area contributed by atoms with Crippen molar-refractivity contribution in [3.8, 4) is 0 Å². The molecule has 2 rings (SSSR count). The van der Waals surface area contributed by atoms with Crippen molar-refractivity contribution in [2.45, 2.75) is 26.8 Å². The Labute approximate surface area is 155 Å². The monoisotopic (exact) mass is 375 g/mol. The molecule has 0 N–H and O–H groups in total. The first-order valence-electron chi connectivity index (χ1n) is 8.52. The molecule has 0 fully saturated rings. The maximum absolute atomic E-state index is 12.7. The van der Waals surface area contributed by atoms with Crippen molar-refractivity contribution in [2.75, 3.05) is 24.2 Å². The molecule has 0 bridgehead atoms. The fourth-order valence-corrected chi connectivity index (χ4v) is 3.51. The number of amides is 1. The summed E-state index contributed by atoms with van der Waals surface area (Å²) < 4.78 is 25.5. The number of nitrogens with zero attached hydrogens (tertiary/aromatic N) is 3. The smallest absolute Gasteiger partial charge is 0.228 e. The predicted molar refractivity (Wildman–Crippen MR) is 103 cm³/mol. The van der Waals surface area contributed by atoms with E-state index in [1.807, 2.05) is 38.1 Å². The summed E-state index contributed by atoms with van der Waals surface area (Å²) >= 11 is 0. The van der Waals surface area contributed by atoms with Crippen LogP contribution >= 0.6 is 0 Å². The zero-order chi connectivity index (χ0) is 19.2. The number of aryl methyl sites for hydroxylation is 1. The van der Waals surface area contributed by atoms with Crippen LogP contribution in [0.15, 0.2) is 48.8 Å². The summed E-state index contributed by atoms with van der Waals surface area (Å²) in [4.78, 5) is 18.3. The van der Waals surface area contributed by atoms with Crippen LogP contribution in [0, 0.1) is 6.92 Å². The Kier molecular flexibility index (Phi) is 6.88. The molecule has 0 aliphatic rings. The standard InChI is InChI=1S/C19H25N3O3S/c1-4-22(18-7-5-6-16(2)14-18)19(23)10-13-21(26(3,24)25)15-17-8-11-20-12-9-17/h5-9,11-12,14H,4,10,13,15H2,1-3H3. The molecule has 0 atom stereocenters. The summed E-state index contributed by atoms with van der Waals surface area (Å²) in [7, 11) is -3.42. The molecular formula is C19H25N3O3S. The molecule has 0 unspecified atom stereocenters. The Morgan fingerprint density at radius 3 is 2.42 bits per heavy atom. The van der Waals surface area contributed by atoms with E-state index in [0.717, 1.165) is 23.1 Å². The third-order valence-corrected chi connectivity index (χ3v) is 5.33. The molecule has 1 aromatic heterocycles. The third kappa shape index (κ3) is 5.64. The van der Waals surface area contributed by atoms with Gasteiger partial charge in [-0.1, -0.05) is 12.1 Å². The molecule has 7 heteroatoms. The summed E-state index contributed by atoms with van der Waals surface area (Å²) in [5, 5.41) is 0. The highest BCUT2D eigenvalue weighted by Gasteiger charge is 2.21. The van der Waals surface area contributed by atoms with Crippen LogP contribution in [0.3, 0.4) is 0 Å². The number of anilines is 1. The Hall–Kier alpha value is -2.25. The normalized spacial score (nSPS) is 11.5. The zero-order valence-electron chi connectivity index (χ0n) is 15.4. The van der Waals surface area contributed by atoms with E-state index in [1.54, 1.807) is 29.4 Å². The minimum absolute atomic E-state index is 0.0959. The van der Waals surface area contributed by atoms with Gasteiger partial charge in [-0.2, -0.15) is 4.31 Å². The second-order valence-corrected chi connectivity index (χ2v) is 8.16. The van der Waals surface area contributed by atoms with Crippen LogP contribution < -0.4 is 4.90 Å². The van der Waals surface area contributed by atoms with Gasteiger partial charge in [-0.15, -0.1) is 0 Å². The first kappa shape index (κ1) is 20.1. The Morgan fingerprint density at radius 2 is 1.85 bits per heavy atom. The van der Waals surface area contributed by atoms with Crippen LogP contribution in [-0.2, 0) is 21.4 Å². The molecule has 26 heavy (non-hydrogen) atoms. The van der Waals surface area contributed by atoms with Gasteiger partial charge in [-0.05, 0) is 49.2 Å². The van der Waals surface area contributed by atoms with Gasteiger partial charge in [0.05, 0.1) is 6.26 Å². The topological polar surface area (TPSA) is 70.6 Å². The number of aromatic nitrogens is 1. The lowest BCUT2D eigenvalue weighted by Crippen LogP contribution is -2.36. The number of benzene rings is 1. The van der Waals surface area contributed by atoms with Gasteiger partial charge in [0, 0.05) is 44.1 Å². The number of carbonyl (C=O) groups is 1. The molecule has 1 heterocycles. The first-order valence-corrected chi connectivity index (χ1v) is 10.4. The Bertz CT molecular complexity index is 838. The number of carbonyl (C=O) groups excluding carboxylic acids is 1. The van der Waals surface area contributed by atoms with Crippen molar-refractivity contribution in [1.29, 1.82) is 0 Å². The highest BCUT2D eigenvalue weighted by atomic mass is 32.2. The van der Waals surface area contributed by atoms with Crippen molar-refractivity contribution >= 4 is 21.6 Å². The predicted octanol–water partition coefficient (Wildman–Crippen LogP) is 2.59. The molecule has 0 radical (unpaired) electrons. The summed E-state index contributed by atoms with van der Waals surface area (Å²) in [6, 6.07) is 11.3. The Balaban J connectivity index is 2.08. The lowest BCUT2D eigenvalue weighted by molar-refractivity contribution is -0.118. The minimum Gasteiger partial charge on any atom is -0.313 e. The molecular weight excluding hydrogens is 350 g/mol. The van der Waals surface area contributed by atoms with Gasteiger partial charge in [-0.3, -0.25) is 9.78 Å². The molecule has 140 valence electrons. The lowest BCUT2D eigenvalue weighted by atomic mass is 10.2. The average Bonchev–Trinajstić information content (AvgIpc) is 2.59. The molecule has 1 amide bonds. The number of rotatable bonds is 8. The molecule has 0 aliphatic carbocycles. The highest BCUT2D eigenvalue weighted by Crippen LogP contribution is 2.17. The molecule has 1 aromatic carbocycles. The maximum Gasteiger partial charge on any atom is 0.228 e. The largest absolute Gasteiger partial charge is 0.313 e. The highest BCUT2D eigenvalue weighted by molar-refractivity contribution is 7.88. The second kappa shape index (κ2) is 8.91. The minimum atomic E-state index is -3.42. The van der Waals surface area contributed by atoms with Crippen molar-refractivity contribution in [2.24, 2.45) is 0 Å². The molecule has 6 nitrogen and oxygen atoms in total. The van der Waals surface area contributed by atoms with Crippen molar-refractivity contribution < 1.29 is 13.2 Å². The van der Waals surface area contributed by atoms with Crippen LogP contribution in [0.5, 0.6) is 0 Å². The second-order valence-electron chi connectivity index (χ2n) is 6.18. The van der Waals surface area contributed by atoms with Crippen molar-refractivity contribution in [3.05, 3.63) is 59.9 Å². The van der Waals surface area contributed by atoms with Crippen LogP contribution in [0.25, 0.3) is 0 Å². The first-order chi connectivity index (χ1) is 12.3. The van der Waals surface area contributed by atoms with E-state index in [-0.39, 0.29) is 25.4 Å². The summed E-state index contributed by atoms with van der Waals surface area (Å²) in [6.45, 7) is 4.78. The lowest BCUT2D eigenvalue weighted by Gasteiger charge is -2.24. The average molecular weight is 375 g/mol. The van der Waals surface area contributed by atoms with E-state index in [1.165, 1.54) is 4.31 Å². The fourth-order valence-electron chi connectivity index (χ4n) is 2.71. The molecule has 0 aliphatic heterocycles. The van der Waals surface area contributed by atoms with Crippen LogP contribution in [0.1, 0.15) is 24.5 Å². The quantitative estimate of drug-likeness (QED) is 0.711. The van der Waals surface area contributed by atoms with E-state index >= 15 is 0 Å². The number of hydrogen-bond acceptors (Lipinski definition) is 4. The maximum atomic E-state index is 12.7. The number of sulfonamides is 1. The Morgan fingerprint density at radius 1 is 1.15 bits per heavy atom. The fraction of sp³-hybridized carbons (Fsp3) is 0.368. The van der Waals surface area contributed by atoms with Crippen LogP contribution in [0.4, 0.5) is 5.69 Å². The molecule has 0 spiro atoms. The summed E-state index contributed by atoms with van der Waals surface area (Å²) in [6.07, 6.45) is 4.53. The summed E-state index contributed by atoms with van der Waals surface area (Å²) in [5.74, 6) is -0.0959. The SMILES string of the molecule is CCN(C(=O)CCN(Cc1ccncc1)S(C)(=O)=O)c1cccc(C)c1. The van der Waals surface area contributed by atoms with E-state index in [9.17, 15) is 13.2 Å². The third-order valence-electron chi connectivity index (χ3n) is 4.08.